The van der Waals surface area contributed by atoms with Crippen molar-refractivity contribution in [3.8, 4) is 0 Å². The topological polar surface area (TPSA) is 46.6 Å². The van der Waals surface area contributed by atoms with E-state index in [1.54, 1.807) is 11.9 Å². The van der Waals surface area contributed by atoms with Gasteiger partial charge >= 0.3 is 5.97 Å². The summed E-state index contributed by atoms with van der Waals surface area (Å²) < 4.78 is 5.14. The van der Waals surface area contributed by atoms with Crippen LogP contribution in [0.25, 0.3) is 0 Å². The van der Waals surface area contributed by atoms with Crippen molar-refractivity contribution in [1.82, 2.24) is 4.90 Å². The number of esters is 1. The summed E-state index contributed by atoms with van der Waals surface area (Å²) in [6, 6.07) is 9.53. The number of carbonyl (C=O) groups is 2. The molecule has 0 bridgehead atoms. The Labute approximate surface area is 114 Å². The molecule has 19 heavy (non-hydrogen) atoms. The lowest BCUT2D eigenvalue weighted by atomic mass is 10.2. The fourth-order valence-corrected chi connectivity index (χ4v) is 1.62. The van der Waals surface area contributed by atoms with E-state index in [9.17, 15) is 9.59 Å². The van der Waals surface area contributed by atoms with Crippen LogP contribution in [0, 0.1) is 5.92 Å². The third-order valence-corrected chi connectivity index (χ3v) is 2.76. The van der Waals surface area contributed by atoms with Crippen LogP contribution in [0.5, 0.6) is 0 Å². The first-order valence-electron chi connectivity index (χ1n) is 6.45. The number of carbonyl (C=O) groups excluding carboxylic acids is 2. The molecule has 0 atom stereocenters. The summed E-state index contributed by atoms with van der Waals surface area (Å²) in [5, 5.41) is 0. The normalized spacial score (nSPS) is 10.3. The lowest BCUT2D eigenvalue weighted by Crippen LogP contribution is -2.32. The van der Waals surface area contributed by atoms with Crippen LogP contribution >= 0.6 is 0 Å². The minimum atomic E-state index is -0.285. The molecule has 1 aromatic rings. The van der Waals surface area contributed by atoms with Gasteiger partial charge in [-0.3, -0.25) is 9.59 Å². The molecule has 0 saturated heterocycles. The second-order valence-electron chi connectivity index (χ2n) is 4.81. The number of hydrogen-bond donors (Lipinski definition) is 0. The molecule has 0 radical (unpaired) electrons. The smallest absolute Gasteiger partial charge is 0.307 e. The second-order valence-corrected chi connectivity index (χ2v) is 4.81. The van der Waals surface area contributed by atoms with Crippen molar-refractivity contribution in [3.05, 3.63) is 35.9 Å². The molecule has 0 N–H and O–H groups in total. The molecule has 0 saturated carbocycles. The summed E-state index contributed by atoms with van der Waals surface area (Å²) in [5.74, 6) is -0.298. The number of benzene rings is 1. The van der Waals surface area contributed by atoms with Crippen LogP contribution in [-0.4, -0.2) is 30.4 Å². The van der Waals surface area contributed by atoms with Crippen LogP contribution < -0.4 is 0 Å². The van der Waals surface area contributed by atoms with Gasteiger partial charge in [0, 0.05) is 19.5 Å². The minimum Gasteiger partial charge on any atom is -0.461 e. The zero-order valence-electron chi connectivity index (χ0n) is 11.8. The van der Waals surface area contributed by atoms with Gasteiger partial charge in [-0.1, -0.05) is 44.2 Å². The van der Waals surface area contributed by atoms with Gasteiger partial charge in [0.15, 0.2) is 0 Å². The summed E-state index contributed by atoms with van der Waals surface area (Å²) in [5.41, 5.74) is 0.961. The van der Waals surface area contributed by atoms with E-state index in [0.29, 0.717) is 6.54 Å². The highest BCUT2D eigenvalue weighted by Crippen LogP contribution is 2.03. The third-order valence-electron chi connectivity index (χ3n) is 2.76. The van der Waals surface area contributed by atoms with Gasteiger partial charge in [0.05, 0.1) is 6.42 Å². The van der Waals surface area contributed by atoms with Crippen LogP contribution in [-0.2, 0) is 20.9 Å². The molecule has 0 aliphatic rings. The molecule has 104 valence electrons. The average molecular weight is 263 g/mol. The zero-order chi connectivity index (χ0) is 14.3. The van der Waals surface area contributed by atoms with Gasteiger partial charge in [0.2, 0.25) is 5.91 Å². The Balaban J connectivity index is 2.27. The maximum absolute atomic E-state index is 11.6. The lowest BCUT2D eigenvalue weighted by Gasteiger charge is -2.18. The van der Waals surface area contributed by atoms with E-state index in [2.05, 4.69) is 0 Å². The maximum atomic E-state index is 11.6. The molecule has 0 aliphatic carbocycles. The van der Waals surface area contributed by atoms with Gasteiger partial charge in [-0.05, 0) is 5.56 Å². The Morgan fingerprint density at radius 3 is 2.42 bits per heavy atom. The van der Waals surface area contributed by atoms with Gasteiger partial charge < -0.3 is 9.64 Å². The van der Waals surface area contributed by atoms with Crippen molar-refractivity contribution < 1.29 is 14.3 Å². The lowest BCUT2D eigenvalue weighted by molar-refractivity contribution is -0.145. The third kappa shape index (κ3) is 5.55. The molecule has 0 spiro atoms. The van der Waals surface area contributed by atoms with E-state index in [1.165, 1.54) is 0 Å². The van der Waals surface area contributed by atoms with E-state index in [0.717, 1.165) is 5.56 Å². The predicted octanol–water partition coefficient (Wildman–Crippen LogP) is 2.23. The molecule has 0 fully saturated rings. The Morgan fingerprint density at radius 1 is 1.21 bits per heavy atom. The summed E-state index contributed by atoms with van der Waals surface area (Å²) in [6.07, 6.45) is 0.224. The Kier molecular flexibility index (Phi) is 6.06. The van der Waals surface area contributed by atoms with Crippen molar-refractivity contribution in [3.63, 3.8) is 0 Å². The molecule has 4 heteroatoms. The number of hydrogen-bond acceptors (Lipinski definition) is 3. The molecular weight excluding hydrogens is 242 g/mol. The maximum Gasteiger partial charge on any atom is 0.307 e. The van der Waals surface area contributed by atoms with Gasteiger partial charge in [0.25, 0.3) is 0 Å². The van der Waals surface area contributed by atoms with Crippen LogP contribution in [0.4, 0.5) is 0 Å². The van der Waals surface area contributed by atoms with Crippen molar-refractivity contribution in [2.24, 2.45) is 5.92 Å². The van der Waals surface area contributed by atoms with E-state index in [4.69, 9.17) is 4.74 Å². The summed E-state index contributed by atoms with van der Waals surface area (Å²) in [7, 11) is 1.70. The molecule has 1 amide bonds. The Hall–Kier alpha value is -1.84. The van der Waals surface area contributed by atoms with Gasteiger partial charge in [-0.15, -0.1) is 0 Å². The van der Waals surface area contributed by atoms with Gasteiger partial charge in [-0.25, -0.2) is 0 Å². The number of amides is 1. The molecule has 0 aliphatic heterocycles. The largest absolute Gasteiger partial charge is 0.461 e. The van der Waals surface area contributed by atoms with E-state index >= 15 is 0 Å². The summed E-state index contributed by atoms with van der Waals surface area (Å²) in [4.78, 5) is 24.7. The van der Waals surface area contributed by atoms with Crippen molar-refractivity contribution in [1.29, 1.82) is 0 Å². The number of nitrogens with zero attached hydrogens (tertiary/aromatic N) is 1. The Morgan fingerprint density at radius 2 is 1.84 bits per heavy atom. The molecule has 0 heterocycles. The highest BCUT2D eigenvalue weighted by molar-refractivity contribution is 5.78. The second kappa shape index (κ2) is 7.56. The highest BCUT2D eigenvalue weighted by Gasteiger charge is 2.14. The van der Waals surface area contributed by atoms with E-state index < -0.39 is 0 Å². The first-order valence-corrected chi connectivity index (χ1v) is 6.45. The van der Waals surface area contributed by atoms with Crippen molar-refractivity contribution in [2.75, 3.05) is 13.6 Å². The minimum absolute atomic E-state index is 0.0378. The zero-order valence-corrected chi connectivity index (χ0v) is 11.8. The summed E-state index contributed by atoms with van der Waals surface area (Å²) >= 11 is 0. The van der Waals surface area contributed by atoms with Crippen LogP contribution in [0.1, 0.15) is 25.8 Å². The number of ether oxygens (including phenoxy) is 1. The van der Waals surface area contributed by atoms with Crippen LogP contribution in [0.15, 0.2) is 30.3 Å². The SMILES string of the molecule is CC(C)C(=O)N(C)CCC(=O)OCc1ccccc1. The fourth-order valence-electron chi connectivity index (χ4n) is 1.62. The standard InChI is InChI=1S/C15H21NO3/c1-12(2)15(18)16(3)10-9-14(17)19-11-13-7-5-4-6-8-13/h4-8,12H,9-11H2,1-3H3. The van der Waals surface area contributed by atoms with Gasteiger partial charge in [-0.2, -0.15) is 0 Å². The predicted molar refractivity (Wildman–Crippen MR) is 73.3 cm³/mol. The quantitative estimate of drug-likeness (QED) is 0.739. The molecule has 1 rings (SSSR count). The molecule has 1 aromatic carbocycles. The van der Waals surface area contributed by atoms with Crippen molar-refractivity contribution >= 4 is 11.9 Å². The highest BCUT2D eigenvalue weighted by atomic mass is 16.5. The summed E-state index contributed by atoms with van der Waals surface area (Å²) in [6.45, 7) is 4.35. The van der Waals surface area contributed by atoms with Crippen molar-refractivity contribution in [2.45, 2.75) is 26.9 Å². The molecule has 0 unspecified atom stereocenters. The number of rotatable bonds is 6. The Bertz CT molecular complexity index is 415. The van der Waals surface area contributed by atoms with Gasteiger partial charge in [0.1, 0.15) is 6.61 Å². The van der Waals surface area contributed by atoms with E-state index in [-0.39, 0.29) is 30.8 Å². The first-order chi connectivity index (χ1) is 9.00. The molecule has 0 aromatic heterocycles. The molecule has 4 nitrogen and oxygen atoms in total. The monoisotopic (exact) mass is 263 g/mol. The average Bonchev–Trinajstić information content (AvgIpc) is 2.42. The van der Waals surface area contributed by atoms with Crippen LogP contribution in [0.3, 0.4) is 0 Å². The van der Waals surface area contributed by atoms with E-state index in [1.807, 2.05) is 44.2 Å². The first kappa shape index (κ1) is 15.2. The van der Waals surface area contributed by atoms with Crippen LogP contribution in [0.2, 0.25) is 0 Å². The molecular formula is C15H21NO3. The fraction of sp³-hybridized carbons (Fsp3) is 0.467.